The molecule has 0 bridgehead atoms. The molecule has 0 fully saturated rings. The van der Waals surface area contributed by atoms with E-state index in [1.807, 2.05) is 18.2 Å². The van der Waals surface area contributed by atoms with E-state index in [4.69, 9.17) is 0 Å². The molecule has 0 unspecified atom stereocenters. The van der Waals surface area contributed by atoms with Gasteiger partial charge in [0.25, 0.3) is 0 Å². The van der Waals surface area contributed by atoms with Crippen LogP contribution >= 0.6 is 19.8 Å². The molecule has 1 aromatic carbocycles. The third-order valence-electron chi connectivity index (χ3n) is 2.66. The SMILES string of the molecule is CI1C=Cc2nc(-c3ccccc3)cn2C=C1. The van der Waals surface area contributed by atoms with Crippen molar-refractivity contribution < 1.29 is 0 Å². The van der Waals surface area contributed by atoms with Gasteiger partial charge in [-0.25, -0.2) is 0 Å². The normalized spacial score (nSPS) is 15.7. The maximum absolute atomic E-state index is 4.67. The quantitative estimate of drug-likeness (QED) is 0.566. The van der Waals surface area contributed by atoms with Crippen LogP contribution in [0.5, 0.6) is 0 Å². The Kier molecular flexibility index (Phi) is 2.84. The van der Waals surface area contributed by atoms with E-state index in [2.05, 4.69) is 53.3 Å². The molecule has 1 aliphatic rings. The van der Waals surface area contributed by atoms with Gasteiger partial charge in [-0.3, -0.25) is 0 Å². The number of halogens is 1. The molecule has 0 atom stereocenters. The van der Waals surface area contributed by atoms with Crippen molar-refractivity contribution in [2.24, 2.45) is 0 Å². The minimum absolute atomic E-state index is 0.967. The molecular formula is C14H13IN2. The van der Waals surface area contributed by atoms with E-state index >= 15 is 0 Å². The molecule has 2 aromatic rings. The molecule has 1 aromatic heterocycles. The van der Waals surface area contributed by atoms with E-state index in [0.717, 1.165) is 11.5 Å². The fourth-order valence-corrected chi connectivity index (χ4v) is 3.73. The van der Waals surface area contributed by atoms with Crippen molar-refractivity contribution in [3.8, 4) is 11.3 Å². The van der Waals surface area contributed by atoms with Crippen molar-refractivity contribution in [3.05, 3.63) is 50.5 Å². The topological polar surface area (TPSA) is 17.8 Å². The summed E-state index contributed by atoms with van der Waals surface area (Å²) in [4.78, 5) is 6.99. The molecule has 0 amide bonds. The Morgan fingerprint density at radius 2 is 1.94 bits per heavy atom. The summed E-state index contributed by atoms with van der Waals surface area (Å²) >= 11 is -0.967. The molecule has 1 aliphatic heterocycles. The Morgan fingerprint density at radius 3 is 2.76 bits per heavy atom. The summed E-state index contributed by atoms with van der Waals surface area (Å²) in [7, 11) is 0. The summed E-state index contributed by atoms with van der Waals surface area (Å²) < 4.78 is 6.76. The second-order valence-electron chi connectivity index (χ2n) is 3.89. The third kappa shape index (κ3) is 2.20. The molecule has 0 spiro atoms. The van der Waals surface area contributed by atoms with Crippen LogP contribution < -0.4 is 0 Å². The van der Waals surface area contributed by atoms with Crippen LogP contribution in [0.15, 0.2) is 44.7 Å². The molecule has 17 heavy (non-hydrogen) atoms. The molecule has 0 saturated carbocycles. The van der Waals surface area contributed by atoms with Crippen LogP contribution in [0.25, 0.3) is 23.5 Å². The second-order valence-corrected chi connectivity index (χ2v) is 8.54. The first-order chi connectivity index (χ1) is 8.33. The Balaban J connectivity index is 2.05. The number of imidazole rings is 1. The van der Waals surface area contributed by atoms with Crippen LogP contribution in [0.3, 0.4) is 0 Å². The first kappa shape index (κ1) is 10.8. The fraction of sp³-hybridized carbons (Fsp3) is 0.0714. The van der Waals surface area contributed by atoms with Crippen LogP contribution in [0.1, 0.15) is 5.82 Å². The van der Waals surface area contributed by atoms with Crippen molar-refractivity contribution in [1.29, 1.82) is 0 Å². The van der Waals surface area contributed by atoms with Crippen molar-refractivity contribution in [1.82, 2.24) is 9.55 Å². The van der Waals surface area contributed by atoms with Crippen molar-refractivity contribution in [2.75, 3.05) is 4.93 Å². The molecule has 2 nitrogen and oxygen atoms in total. The zero-order valence-electron chi connectivity index (χ0n) is 9.55. The molecule has 0 N–H and O–H groups in total. The second kappa shape index (κ2) is 4.49. The first-order valence-corrected chi connectivity index (χ1v) is 10.1. The first-order valence-electron chi connectivity index (χ1n) is 5.41. The van der Waals surface area contributed by atoms with Crippen LogP contribution in [-0.2, 0) is 0 Å². The number of rotatable bonds is 1. The monoisotopic (exact) mass is 336 g/mol. The zero-order valence-corrected chi connectivity index (χ0v) is 11.7. The summed E-state index contributed by atoms with van der Waals surface area (Å²) in [5.41, 5.74) is 2.20. The van der Waals surface area contributed by atoms with Gasteiger partial charge in [-0.15, -0.1) is 0 Å². The van der Waals surface area contributed by atoms with Gasteiger partial charge in [0.2, 0.25) is 0 Å². The van der Waals surface area contributed by atoms with E-state index in [1.54, 1.807) is 0 Å². The van der Waals surface area contributed by atoms with Crippen LogP contribution in [0.4, 0.5) is 0 Å². The Morgan fingerprint density at radius 1 is 1.12 bits per heavy atom. The third-order valence-corrected chi connectivity index (χ3v) is 5.61. The minimum atomic E-state index is -0.967. The summed E-state index contributed by atoms with van der Waals surface area (Å²) in [6.07, 6.45) is 6.40. The van der Waals surface area contributed by atoms with Crippen LogP contribution in [-0.4, -0.2) is 14.5 Å². The molecule has 0 saturated heterocycles. The van der Waals surface area contributed by atoms with E-state index in [9.17, 15) is 0 Å². The summed E-state index contributed by atoms with van der Waals surface area (Å²) in [5, 5.41) is 0. The average molecular weight is 336 g/mol. The average Bonchev–Trinajstić information content (AvgIpc) is 2.71. The molecule has 2 heterocycles. The van der Waals surface area contributed by atoms with Gasteiger partial charge in [0.15, 0.2) is 0 Å². The standard InChI is InChI=1S/C14H13IN2/c1-15-8-7-14-16-13(11-17(14)10-9-15)12-5-3-2-4-6-12/h2-11H,1H3. The fourth-order valence-electron chi connectivity index (χ4n) is 1.75. The van der Waals surface area contributed by atoms with Crippen molar-refractivity contribution in [2.45, 2.75) is 0 Å². The number of nitrogens with zero attached hydrogens (tertiary/aromatic N) is 2. The van der Waals surface area contributed by atoms with Gasteiger partial charge in [-0.2, -0.15) is 0 Å². The van der Waals surface area contributed by atoms with Gasteiger partial charge in [-0.05, 0) is 0 Å². The van der Waals surface area contributed by atoms with E-state index in [1.165, 1.54) is 5.56 Å². The van der Waals surface area contributed by atoms with Gasteiger partial charge < -0.3 is 0 Å². The van der Waals surface area contributed by atoms with Gasteiger partial charge in [0, 0.05) is 0 Å². The van der Waals surface area contributed by atoms with Crippen molar-refractivity contribution in [3.63, 3.8) is 0 Å². The molecule has 0 radical (unpaired) electrons. The predicted molar refractivity (Wildman–Crippen MR) is 82.0 cm³/mol. The number of benzene rings is 1. The Labute approximate surface area is 108 Å². The van der Waals surface area contributed by atoms with E-state index in [0.29, 0.717) is 0 Å². The van der Waals surface area contributed by atoms with Gasteiger partial charge in [-0.1, -0.05) is 0 Å². The summed E-state index contributed by atoms with van der Waals surface area (Å²) in [5.74, 6) is 1.03. The molecule has 3 rings (SSSR count). The zero-order chi connectivity index (χ0) is 11.7. The Hall–Kier alpha value is -1.36. The van der Waals surface area contributed by atoms with Gasteiger partial charge in [0.05, 0.1) is 0 Å². The van der Waals surface area contributed by atoms with Gasteiger partial charge >= 0.3 is 108 Å². The number of hydrogen-bond donors (Lipinski definition) is 0. The summed E-state index contributed by atoms with van der Waals surface area (Å²) in [6, 6.07) is 10.3. The summed E-state index contributed by atoms with van der Waals surface area (Å²) in [6.45, 7) is 0. The Bertz CT molecular complexity index is 550. The number of fused-ring (bicyclic) bond motifs is 1. The number of hydrogen-bond acceptors (Lipinski definition) is 1. The van der Waals surface area contributed by atoms with Crippen molar-refractivity contribution >= 4 is 32.1 Å². The molecule has 3 heteroatoms. The maximum atomic E-state index is 4.67. The van der Waals surface area contributed by atoms with Crippen LogP contribution in [0.2, 0.25) is 0 Å². The van der Waals surface area contributed by atoms with Gasteiger partial charge in [0.1, 0.15) is 0 Å². The van der Waals surface area contributed by atoms with E-state index < -0.39 is 19.8 Å². The van der Waals surface area contributed by atoms with Crippen LogP contribution in [0, 0.1) is 0 Å². The number of aromatic nitrogens is 2. The number of alkyl halides is 1. The molecular weight excluding hydrogens is 323 g/mol. The molecule has 0 aliphatic carbocycles. The predicted octanol–water partition coefficient (Wildman–Crippen LogP) is 4.10. The molecule has 86 valence electrons. The van der Waals surface area contributed by atoms with E-state index in [-0.39, 0.29) is 0 Å².